The van der Waals surface area contributed by atoms with Crippen molar-refractivity contribution in [2.24, 2.45) is 5.92 Å². The van der Waals surface area contributed by atoms with Crippen LogP contribution in [0.5, 0.6) is 0 Å². The Morgan fingerprint density at radius 3 is 2.89 bits per heavy atom. The van der Waals surface area contributed by atoms with Crippen LogP contribution in [0.3, 0.4) is 0 Å². The molecule has 0 aliphatic carbocycles. The zero-order valence-electron chi connectivity index (χ0n) is 10.5. The molecule has 100 valence electrons. The number of aromatic nitrogens is 1. The maximum absolute atomic E-state index is 12.8. The topological polar surface area (TPSA) is 62.2 Å². The van der Waals surface area contributed by atoms with E-state index in [2.05, 4.69) is 17.2 Å². The van der Waals surface area contributed by atoms with Crippen molar-refractivity contribution < 1.29 is 14.3 Å². The van der Waals surface area contributed by atoms with Gasteiger partial charge < -0.3 is 10.4 Å². The van der Waals surface area contributed by atoms with E-state index in [0.717, 1.165) is 12.8 Å². The maximum atomic E-state index is 12.8. The summed E-state index contributed by atoms with van der Waals surface area (Å²) in [5.41, 5.74) is 0.0780. The van der Waals surface area contributed by atoms with Gasteiger partial charge in [-0.3, -0.25) is 4.79 Å². The fourth-order valence-electron chi connectivity index (χ4n) is 1.80. The van der Waals surface area contributed by atoms with Crippen LogP contribution in [-0.2, 0) is 0 Å². The second kappa shape index (κ2) is 7.76. The minimum atomic E-state index is -0.664. The van der Waals surface area contributed by atoms with Gasteiger partial charge in [-0.15, -0.1) is 0 Å². The Morgan fingerprint density at radius 2 is 2.28 bits per heavy atom. The summed E-state index contributed by atoms with van der Waals surface area (Å²) in [5, 5.41) is 11.6. The van der Waals surface area contributed by atoms with Crippen LogP contribution in [0.1, 0.15) is 36.7 Å². The number of halogens is 1. The highest BCUT2D eigenvalue weighted by molar-refractivity contribution is 5.92. The molecule has 0 bridgehead atoms. The average molecular weight is 254 g/mol. The van der Waals surface area contributed by atoms with Gasteiger partial charge in [0.05, 0.1) is 0 Å². The SMILES string of the molecule is CCCC(CCO)CNC(=O)c1cccc(F)n1. The van der Waals surface area contributed by atoms with Gasteiger partial charge >= 0.3 is 0 Å². The molecule has 4 nitrogen and oxygen atoms in total. The predicted molar refractivity (Wildman–Crippen MR) is 66.6 cm³/mol. The lowest BCUT2D eigenvalue weighted by Gasteiger charge is -2.15. The summed E-state index contributed by atoms with van der Waals surface area (Å²) in [6.07, 6.45) is 2.60. The molecule has 0 saturated heterocycles. The summed E-state index contributed by atoms with van der Waals surface area (Å²) in [6.45, 7) is 2.64. The van der Waals surface area contributed by atoms with Crippen molar-refractivity contribution in [1.29, 1.82) is 0 Å². The Hall–Kier alpha value is -1.49. The number of nitrogens with zero attached hydrogens (tertiary/aromatic N) is 1. The van der Waals surface area contributed by atoms with Crippen LogP contribution in [0.2, 0.25) is 0 Å². The third-order valence-corrected chi connectivity index (χ3v) is 2.73. The molecule has 2 N–H and O–H groups in total. The Bertz CT molecular complexity index is 379. The van der Waals surface area contributed by atoms with Crippen molar-refractivity contribution in [3.8, 4) is 0 Å². The molecule has 5 heteroatoms. The third-order valence-electron chi connectivity index (χ3n) is 2.73. The maximum Gasteiger partial charge on any atom is 0.270 e. The Balaban J connectivity index is 2.49. The Morgan fingerprint density at radius 1 is 1.50 bits per heavy atom. The van der Waals surface area contributed by atoms with E-state index in [4.69, 9.17) is 5.11 Å². The van der Waals surface area contributed by atoms with E-state index in [0.29, 0.717) is 13.0 Å². The van der Waals surface area contributed by atoms with Gasteiger partial charge in [0, 0.05) is 13.2 Å². The largest absolute Gasteiger partial charge is 0.396 e. The molecule has 1 atom stereocenters. The summed E-state index contributed by atoms with van der Waals surface area (Å²) in [5.74, 6) is -0.797. The lowest BCUT2D eigenvalue weighted by atomic mass is 10.0. The number of carbonyl (C=O) groups excluding carboxylic acids is 1. The fraction of sp³-hybridized carbons (Fsp3) is 0.538. The van der Waals surface area contributed by atoms with Gasteiger partial charge in [0.25, 0.3) is 5.91 Å². The monoisotopic (exact) mass is 254 g/mol. The van der Waals surface area contributed by atoms with Gasteiger partial charge in [-0.05, 0) is 30.9 Å². The van der Waals surface area contributed by atoms with Gasteiger partial charge in [0.15, 0.2) is 0 Å². The Labute approximate surface area is 106 Å². The molecule has 0 aliphatic rings. The van der Waals surface area contributed by atoms with Gasteiger partial charge in [-0.1, -0.05) is 19.4 Å². The van der Waals surface area contributed by atoms with E-state index in [1.54, 1.807) is 0 Å². The van der Waals surface area contributed by atoms with Crippen molar-refractivity contribution in [3.63, 3.8) is 0 Å². The molecule has 18 heavy (non-hydrogen) atoms. The van der Waals surface area contributed by atoms with Gasteiger partial charge in [-0.25, -0.2) is 4.98 Å². The number of nitrogens with one attached hydrogen (secondary N) is 1. The zero-order chi connectivity index (χ0) is 13.4. The summed E-state index contributed by atoms with van der Waals surface area (Å²) < 4.78 is 12.8. The molecular weight excluding hydrogens is 235 g/mol. The summed E-state index contributed by atoms with van der Waals surface area (Å²) in [7, 11) is 0. The number of aliphatic hydroxyl groups is 1. The molecule has 1 aromatic heterocycles. The van der Waals surface area contributed by atoms with Gasteiger partial charge in [0.1, 0.15) is 5.69 Å². The third kappa shape index (κ3) is 4.79. The molecular formula is C13H19FN2O2. The smallest absolute Gasteiger partial charge is 0.270 e. The van der Waals surface area contributed by atoms with Crippen LogP contribution in [0.15, 0.2) is 18.2 Å². The van der Waals surface area contributed by atoms with Crippen LogP contribution in [0, 0.1) is 11.9 Å². The van der Waals surface area contributed by atoms with E-state index >= 15 is 0 Å². The first-order valence-corrected chi connectivity index (χ1v) is 6.19. The van der Waals surface area contributed by atoms with Crippen molar-refractivity contribution in [1.82, 2.24) is 10.3 Å². The van der Waals surface area contributed by atoms with Crippen LogP contribution in [0.25, 0.3) is 0 Å². The molecule has 0 aliphatic heterocycles. The molecule has 0 fully saturated rings. The number of carbonyl (C=O) groups is 1. The molecule has 0 aromatic carbocycles. The van der Waals surface area contributed by atoms with Crippen LogP contribution < -0.4 is 5.32 Å². The Kier molecular flexibility index (Phi) is 6.28. The molecule has 1 aromatic rings. The number of pyridine rings is 1. The van der Waals surface area contributed by atoms with Gasteiger partial charge in [0.2, 0.25) is 5.95 Å². The number of rotatable bonds is 7. The first-order chi connectivity index (χ1) is 8.67. The van der Waals surface area contributed by atoms with Crippen molar-refractivity contribution >= 4 is 5.91 Å². The van der Waals surface area contributed by atoms with E-state index in [9.17, 15) is 9.18 Å². The van der Waals surface area contributed by atoms with Crippen LogP contribution in [0.4, 0.5) is 4.39 Å². The van der Waals surface area contributed by atoms with Gasteiger partial charge in [-0.2, -0.15) is 4.39 Å². The second-order valence-corrected chi connectivity index (χ2v) is 4.22. The van der Waals surface area contributed by atoms with Crippen LogP contribution >= 0.6 is 0 Å². The predicted octanol–water partition coefficient (Wildman–Crippen LogP) is 1.75. The van der Waals surface area contributed by atoms with E-state index < -0.39 is 5.95 Å². The first kappa shape index (κ1) is 14.6. The standard InChI is InChI=1S/C13H19FN2O2/c1-2-4-10(7-8-17)9-15-13(18)11-5-3-6-12(14)16-11/h3,5-6,10,17H,2,4,7-9H2,1H3,(H,15,18). The lowest BCUT2D eigenvalue weighted by Crippen LogP contribution is -2.30. The molecule has 1 unspecified atom stereocenters. The van der Waals surface area contributed by atoms with Crippen molar-refractivity contribution in [2.45, 2.75) is 26.2 Å². The molecule has 0 saturated carbocycles. The highest BCUT2D eigenvalue weighted by Crippen LogP contribution is 2.09. The summed E-state index contributed by atoms with van der Waals surface area (Å²) in [4.78, 5) is 15.2. The lowest BCUT2D eigenvalue weighted by molar-refractivity contribution is 0.0936. The van der Waals surface area contributed by atoms with Crippen LogP contribution in [-0.4, -0.2) is 29.1 Å². The van der Waals surface area contributed by atoms with E-state index in [1.807, 2.05) is 0 Å². The van der Waals surface area contributed by atoms with Crippen molar-refractivity contribution in [2.75, 3.05) is 13.2 Å². The minimum absolute atomic E-state index is 0.0780. The van der Waals surface area contributed by atoms with E-state index in [1.165, 1.54) is 18.2 Å². The summed E-state index contributed by atoms with van der Waals surface area (Å²) in [6, 6.07) is 4.12. The number of hydrogen-bond acceptors (Lipinski definition) is 3. The summed E-state index contributed by atoms with van der Waals surface area (Å²) >= 11 is 0. The molecule has 1 rings (SSSR count). The highest BCUT2D eigenvalue weighted by atomic mass is 19.1. The highest BCUT2D eigenvalue weighted by Gasteiger charge is 2.12. The molecule has 0 radical (unpaired) electrons. The average Bonchev–Trinajstić information content (AvgIpc) is 2.36. The number of aliphatic hydroxyl groups excluding tert-OH is 1. The zero-order valence-corrected chi connectivity index (χ0v) is 10.5. The first-order valence-electron chi connectivity index (χ1n) is 6.19. The molecule has 1 amide bonds. The molecule has 1 heterocycles. The normalized spacial score (nSPS) is 12.2. The van der Waals surface area contributed by atoms with E-state index in [-0.39, 0.29) is 24.1 Å². The number of amides is 1. The minimum Gasteiger partial charge on any atom is -0.396 e. The van der Waals surface area contributed by atoms with Crippen molar-refractivity contribution in [3.05, 3.63) is 29.8 Å². The molecule has 0 spiro atoms. The number of hydrogen-bond donors (Lipinski definition) is 2. The quantitative estimate of drug-likeness (QED) is 0.729. The second-order valence-electron chi connectivity index (χ2n) is 4.22. The fourth-order valence-corrected chi connectivity index (χ4v) is 1.80.